The number of aromatic nitrogens is 2. The Morgan fingerprint density at radius 1 is 0.960 bits per heavy atom. The summed E-state index contributed by atoms with van der Waals surface area (Å²) in [5.41, 5.74) is 3.35. The van der Waals surface area contributed by atoms with Crippen molar-refractivity contribution >= 4 is 18.6 Å². The lowest BCUT2D eigenvalue weighted by molar-refractivity contribution is 0.419. The Hall–Kier alpha value is -1.42. The highest BCUT2D eigenvalue weighted by Crippen LogP contribution is 2.56. The minimum Gasteiger partial charge on any atom is -0.331 e. The van der Waals surface area contributed by atoms with Gasteiger partial charge in [0, 0.05) is 45.6 Å². The normalized spacial score (nSPS) is 12.2. The van der Waals surface area contributed by atoms with E-state index in [1.165, 1.54) is 5.56 Å². The zero-order chi connectivity index (χ0) is 18.4. The van der Waals surface area contributed by atoms with E-state index in [1.807, 2.05) is 12.4 Å². The van der Waals surface area contributed by atoms with Gasteiger partial charge in [0.15, 0.2) is 12.9 Å². The summed E-state index contributed by atoms with van der Waals surface area (Å²) in [6.07, 6.45) is 3.92. The second-order valence-electron chi connectivity index (χ2n) is 6.12. The van der Waals surface area contributed by atoms with Gasteiger partial charge in [-0.1, -0.05) is 45.4 Å². The SMILES string of the molecule is CCN(CC)P(=Nc1ccc(C)cc1)(c1nccn1C)N(CC)CC. The van der Waals surface area contributed by atoms with E-state index in [9.17, 15) is 0 Å². The maximum atomic E-state index is 5.40. The highest BCUT2D eigenvalue weighted by atomic mass is 31.2. The molecule has 0 aliphatic rings. The molecule has 2 aromatic rings. The van der Waals surface area contributed by atoms with Gasteiger partial charge in [0.25, 0.3) is 0 Å². The third-order valence-electron chi connectivity index (χ3n) is 4.60. The Balaban J connectivity index is 2.83. The van der Waals surface area contributed by atoms with Crippen LogP contribution in [-0.4, -0.2) is 45.1 Å². The van der Waals surface area contributed by atoms with Crippen LogP contribution in [0.3, 0.4) is 0 Å². The maximum Gasteiger partial charge on any atom is 0.178 e. The van der Waals surface area contributed by atoms with Crippen molar-refractivity contribution in [2.24, 2.45) is 11.8 Å². The fourth-order valence-corrected chi connectivity index (χ4v) is 7.21. The van der Waals surface area contributed by atoms with Crippen LogP contribution in [0.15, 0.2) is 41.4 Å². The molecule has 0 amide bonds. The van der Waals surface area contributed by atoms with E-state index in [2.05, 4.69) is 79.8 Å². The van der Waals surface area contributed by atoms with E-state index in [0.717, 1.165) is 37.4 Å². The molecule has 0 bridgehead atoms. The Labute approximate surface area is 152 Å². The lowest BCUT2D eigenvalue weighted by Gasteiger charge is -2.41. The zero-order valence-corrected chi connectivity index (χ0v) is 17.4. The monoisotopic (exact) mass is 361 g/mol. The molecule has 1 aromatic carbocycles. The molecule has 0 unspecified atom stereocenters. The Morgan fingerprint density at radius 2 is 1.48 bits per heavy atom. The molecule has 5 nitrogen and oxygen atoms in total. The molecule has 6 heteroatoms. The van der Waals surface area contributed by atoms with Crippen LogP contribution in [0, 0.1) is 6.92 Å². The topological polar surface area (TPSA) is 36.7 Å². The van der Waals surface area contributed by atoms with Crippen LogP contribution in [0.2, 0.25) is 0 Å². The van der Waals surface area contributed by atoms with Gasteiger partial charge in [0.05, 0.1) is 5.69 Å². The summed E-state index contributed by atoms with van der Waals surface area (Å²) in [7, 11) is -0.0740. The van der Waals surface area contributed by atoms with Crippen molar-refractivity contribution in [3.63, 3.8) is 0 Å². The van der Waals surface area contributed by atoms with Crippen LogP contribution in [0.1, 0.15) is 33.3 Å². The summed E-state index contributed by atoms with van der Waals surface area (Å²) in [6, 6.07) is 8.52. The minimum atomic E-state index is -2.15. The van der Waals surface area contributed by atoms with Crippen LogP contribution in [0.25, 0.3) is 0 Å². The molecule has 0 aliphatic carbocycles. The molecule has 0 spiro atoms. The first-order valence-corrected chi connectivity index (χ1v) is 10.9. The van der Waals surface area contributed by atoms with Crippen LogP contribution in [-0.2, 0) is 7.05 Å². The largest absolute Gasteiger partial charge is 0.331 e. The van der Waals surface area contributed by atoms with E-state index >= 15 is 0 Å². The molecule has 1 heterocycles. The maximum absolute atomic E-state index is 5.40. The van der Waals surface area contributed by atoms with Gasteiger partial charge in [-0.25, -0.2) is 9.73 Å². The van der Waals surface area contributed by atoms with Crippen molar-refractivity contribution in [2.75, 3.05) is 26.2 Å². The Morgan fingerprint density at radius 3 is 1.88 bits per heavy atom. The van der Waals surface area contributed by atoms with Gasteiger partial charge in [0.2, 0.25) is 0 Å². The smallest absolute Gasteiger partial charge is 0.178 e. The molecule has 0 radical (unpaired) electrons. The van der Waals surface area contributed by atoms with E-state index < -0.39 is 7.36 Å². The molecule has 0 fully saturated rings. The van der Waals surface area contributed by atoms with Crippen molar-refractivity contribution in [3.8, 4) is 0 Å². The van der Waals surface area contributed by atoms with Crippen molar-refractivity contribution in [2.45, 2.75) is 34.6 Å². The quantitative estimate of drug-likeness (QED) is 0.654. The first-order chi connectivity index (χ1) is 12.0. The number of rotatable bonds is 8. The van der Waals surface area contributed by atoms with Crippen molar-refractivity contribution in [1.29, 1.82) is 0 Å². The average molecular weight is 361 g/mol. The van der Waals surface area contributed by atoms with E-state index in [0.29, 0.717) is 0 Å². The first kappa shape index (κ1) is 19.9. The predicted octanol–water partition coefficient (Wildman–Crippen LogP) is 4.40. The number of benzene rings is 1. The fourth-order valence-electron chi connectivity index (χ4n) is 3.26. The molecule has 0 atom stereocenters. The molecule has 25 heavy (non-hydrogen) atoms. The van der Waals surface area contributed by atoms with Crippen molar-refractivity contribution < 1.29 is 0 Å². The summed E-state index contributed by atoms with van der Waals surface area (Å²) >= 11 is 0. The number of hydrogen-bond donors (Lipinski definition) is 0. The van der Waals surface area contributed by atoms with Gasteiger partial charge in [-0.2, -0.15) is 0 Å². The highest BCUT2D eigenvalue weighted by molar-refractivity contribution is 7.69. The van der Waals surface area contributed by atoms with E-state index in [4.69, 9.17) is 9.73 Å². The van der Waals surface area contributed by atoms with Crippen LogP contribution < -0.4 is 5.57 Å². The van der Waals surface area contributed by atoms with Gasteiger partial charge in [-0.3, -0.25) is 9.34 Å². The molecular formula is C19H32N5P. The fraction of sp³-hybridized carbons (Fsp3) is 0.526. The summed E-state index contributed by atoms with van der Waals surface area (Å²) in [6.45, 7) is 14.8. The third kappa shape index (κ3) is 3.89. The van der Waals surface area contributed by atoms with Crippen LogP contribution in [0.5, 0.6) is 0 Å². The van der Waals surface area contributed by atoms with Crippen molar-refractivity contribution in [3.05, 3.63) is 42.2 Å². The number of nitrogens with zero attached hydrogens (tertiary/aromatic N) is 5. The van der Waals surface area contributed by atoms with Gasteiger partial charge < -0.3 is 4.57 Å². The number of imidazole rings is 1. The summed E-state index contributed by atoms with van der Waals surface area (Å²) in [4.78, 5) is 4.77. The standard InChI is InChI=1S/C19H32N5P/c1-7-23(8-2)25(24(9-3)10-4,19-20-15-16-22(19)6)21-18-13-11-17(5)12-14-18/h11-16H,7-10H2,1-6H3. The summed E-state index contributed by atoms with van der Waals surface area (Å²) in [5, 5.41) is 0. The van der Waals surface area contributed by atoms with E-state index in [-0.39, 0.29) is 0 Å². The van der Waals surface area contributed by atoms with Gasteiger partial charge in [0.1, 0.15) is 0 Å². The molecule has 0 saturated carbocycles. The molecular weight excluding hydrogens is 329 g/mol. The third-order valence-corrected chi connectivity index (χ3v) is 8.79. The predicted molar refractivity (Wildman–Crippen MR) is 109 cm³/mol. The molecule has 0 saturated heterocycles. The minimum absolute atomic E-state index is 0.947. The zero-order valence-electron chi connectivity index (χ0n) is 16.5. The molecule has 0 N–H and O–H groups in total. The average Bonchev–Trinajstić information content (AvgIpc) is 3.05. The number of aryl methyl sites for hydroxylation is 2. The molecule has 2 rings (SSSR count). The first-order valence-electron chi connectivity index (χ1n) is 9.21. The Bertz CT molecular complexity index is 696. The van der Waals surface area contributed by atoms with Gasteiger partial charge in [-0.15, -0.1) is 0 Å². The molecule has 138 valence electrons. The lowest BCUT2D eigenvalue weighted by Crippen LogP contribution is -2.40. The second kappa shape index (κ2) is 8.79. The van der Waals surface area contributed by atoms with Crippen LogP contribution >= 0.6 is 7.36 Å². The van der Waals surface area contributed by atoms with Gasteiger partial charge >= 0.3 is 0 Å². The molecule has 0 aliphatic heterocycles. The molecule has 1 aromatic heterocycles. The highest BCUT2D eigenvalue weighted by Gasteiger charge is 2.37. The second-order valence-corrected chi connectivity index (χ2v) is 8.99. The Kier molecular flexibility index (Phi) is 7.00. The van der Waals surface area contributed by atoms with Crippen LogP contribution in [0.4, 0.5) is 5.69 Å². The summed E-state index contributed by atoms with van der Waals surface area (Å²) in [5.74, 6) is 0. The lowest BCUT2D eigenvalue weighted by atomic mass is 10.2. The van der Waals surface area contributed by atoms with Gasteiger partial charge in [-0.05, 0) is 19.1 Å². The summed E-state index contributed by atoms with van der Waals surface area (Å²) < 4.78 is 12.5. The van der Waals surface area contributed by atoms with E-state index in [1.54, 1.807) is 0 Å². The number of hydrogen-bond acceptors (Lipinski definition) is 2. The van der Waals surface area contributed by atoms with Crippen molar-refractivity contribution in [1.82, 2.24) is 18.9 Å².